The molecule has 0 bridgehead atoms. The second-order valence-electron chi connectivity index (χ2n) is 4.47. The molecule has 1 aromatic heterocycles. The molecule has 0 saturated heterocycles. The Labute approximate surface area is 118 Å². The second kappa shape index (κ2) is 6.57. The van der Waals surface area contributed by atoms with Crippen LogP contribution >= 0.6 is 11.3 Å². The van der Waals surface area contributed by atoms with Crippen LogP contribution in [0.5, 0.6) is 5.75 Å². The van der Waals surface area contributed by atoms with Gasteiger partial charge >= 0.3 is 0 Å². The van der Waals surface area contributed by atoms with E-state index < -0.39 is 0 Å². The van der Waals surface area contributed by atoms with Crippen LogP contribution in [0.2, 0.25) is 0 Å². The fourth-order valence-corrected chi connectivity index (χ4v) is 2.78. The minimum Gasteiger partial charge on any atom is -0.497 e. The first kappa shape index (κ1) is 13.9. The van der Waals surface area contributed by atoms with Gasteiger partial charge in [-0.3, -0.25) is 0 Å². The topological polar surface area (TPSA) is 26.5 Å². The summed E-state index contributed by atoms with van der Waals surface area (Å²) in [6.45, 7) is 5.39. The number of unbranched alkanes of at least 4 members (excludes halogenated alkanes) is 1. The highest BCUT2D eigenvalue weighted by molar-refractivity contribution is 7.07. The van der Waals surface area contributed by atoms with Gasteiger partial charge in [-0.1, -0.05) is 13.3 Å². The van der Waals surface area contributed by atoms with Gasteiger partial charge in [0.2, 0.25) is 0 Å². The summed E-state index contributed by atoms with van der Waals surface area (Å²) in [5, 5.41) is 2.16. The van der Waals surface area contributed by atoms with Gasteiger partial charge in [-0.2, -0.15) is 0 Å². The molecule has 102 valence electrons. The standard InChI is InChI=1S/C15H20N2OS/c1-4-5-10-17-12(2)11-19-15(17)16-13-6-8-14(18-3)9-7-13/h6-9,11H,4-5,10H2,1-3H3. The molecule has 4 heteroatoms. The number of ether oxygens (including phenoxy) is 1. The first-order chi connectivity index (χ1) is 9.24. The highest BCUT2D eigenvalue weighted by atomic mass is 32.1. The van der Waals surface area contributed by atoms with E-state index in [2.05, 4.69) is 23.8 Å². The first-order valence-corrected chi connectivity index (χ1v) is 7.46. The Bertz CT molecular complexity index is 581. The number of methoxy groups -OCH3 is 1. The Morgan fingerprint density at radius 1 is 1.26 bits per heavy atom. The van der Waals surface area contributed by atoms with E-state index in [1.807, 2.05) is 24.3 Å². The highest BCUT2D eigenvalue weighted by Crippen LogP contribution is 2.17. The molecule has 1 heterocycles. The predicted octanol–water partition coefficient (Wildman–Crippen LogP) is 3.90. The van der Waals surface area contributed by atoms with Crippen LogP contribution in [-0.2, 0) is 6.54 Å². The van der Waals surface area contributed by atoms with Crippen molar-refractivity contribution in [3.8, 4) is 5.75 Å². The van der Waals surface area contributed by atoms with E-state index in [-0.39, 0.29) is 0 Å². The SMILES string of the molecule is CCCCn1c(C)csc1=Nc1ccc(OC)cc1. The number of aryl methyl sites for hydroxylation is 1. The number of aromatic nitrogens is 1. The van der Waals surface area contributed by atoms with E-state index in [4.69, 9.17) is 9.73 Å². The maximum atomic E-state index is 5.16. The smallest absolute Gasteiger partial charge is 0.190 e. The van der Waals surface area contributed by atoms with E-state index in [1.165, 1.54) is 18.5 Å². The zero-order valence-electron chi connectivity index (χ0n) is 11.7. The average Bonchev–Trinajstić information content (AvgIpc) is 2.78. The number of hydrogen-bond donors (Lipinski definition) is 0. The van der Waals surface area contributed by atoms with Crippen LogP contribution in [0.3, 0.4) is 0 Å². The van der Waals surface area contributed by atoms with Crippen LogP contribution in [0.25, 0.3) is 0 Å². The quantitative estimate of drug-likeness (QED) is 0.813. The predicted molar refractivity (Wildman–Crippen MR) is 80.2 cm³/mol. The molecule has 0 aliphatic heterocycles. The number of hydrogen-bond acceptors (Lipinski definition) is 3. The molecule has 0 fully saturated rings. The Balaban J connectivity index is 2.31. The average molecular weight is 276 g/mol. The Morgan fingerprint density at radius 2 is 2.00 bits per heavy atom. The van der Waals surface area contributed by atoms with E-state index in [1.54, 1.807) is 18.4 Å². The third kappa shape index (κ3) is 3.47. The van der Waals surface area contributed by atoms with Crippen molar-refractivity contribution in [2.45, 2.75) is 33.2 Å². The van der Waals surface area contributed by atoms with Crippen molar-refractivity contribution in [1.29, 1.82) is 0 Å². The summed E-state index contributed by atoms with van der Waals surface area (Å²) >= 11 is 1.70. The molecule has 2 aromatic rings. The number of benzene rings is 1. The maximum Gasteiger partial charge on any atom is 0.190 e. The molecular weight excluding hydrogens is 256 g/mol. The molecule has 0 N–H and O–H groups in total. The molecular formula is C15H20N2OS. The summed E-state index contributed by atoms with van der Waals surface area (Å²) in [4.78, 5) is 5.78. The van der Waals surface area contributed by atoms with Crippen molar-refractivity contribution in [1.82, 2.24) is 4.57 Å². The van der Waals surface area contributed by atoms with E-state index in [0.29, 0.717) is 0 Å². The number of thiazole rings is 1. The third-order valence-corrected chi connectivity index (χ3v) is 4.01. The summed E-state index contributed by atoms with van der Waals surface area (Å²) in [5.41, 5.74) is 2.25. The molecule has 0 aliphatic rings. The van der Waals surface area contributed by atoms with Gasteiger partial charge in [-0.15, -0.1) is 11.3 Å². The van der Waals surface area contributed by atoms with Crippen molar-refractivity contribution >= 4 is 17.0 Å². The fourth-order valence-electron chi connectivity index (χ4n) is 1.86. The zero-order valence-corrected chi connectivity index (χ0v) is 12.5. The van der Waals surface area contributed by atoms with Gasteiger partial charge < -0.3 is 9.30 Å². The Hall–Kier alpha value is -1.55. The van der Waals surface area contributed by atoms with Crippen molar-refractivity contribution in [3.63, 3.8) is 0 Å². The summed E-state index contributed by atoms with van der Waals surface area (Å²) in [6.07, 6.45) is 2.39. The van der Waals surface area contributed by atoms with Gasteiger partial charge in [0.25, 0.3) is 0 Å². The van der Waals surface area contributed by atoms with Crippen LogP contribution in [0.15, 0.2) is 34.6 Å². The lowest BCUT2D eigenvalue weighted by molar-refractivity contribution is 0.415. The van der Waals surface area contributed by atoms with Crippen LogP contribution in [0.1, 0.15) is 25.5 Å². The van der Waals surface area contributed by atoms with Crippen LogP contribution in [0.4, 0.5) is 5.69 Å². The molecule has 0 saturated carbocycles. The summed E-state index contributed by atoms with van der Waals surface area (Å²) in [7, 11) is 1.67. The van der Waals surface area contributed by atoms with Gasteiger partial charge in [0, 0.05) is 17.6 Å². The molecule has 0 spiro atoms. The number of rotatable bonds is 5. The second-order valence-corrected chi connectivity index (χ2v) is 5.31. The zero-order chi connectivity index (χ0) is 13.7. The molecule has 0 radical (unpaired) electrons. The molecule has 19 heavy (non-hydrogen) atoms. The molecule has 0 aliphatic carbocycles. The first-order valence-electron chi connectivity index (χ1n) is 6.58. The summed E-state index contributed by atoms with van der Waals surface area (Å²) in [6, 6.07) is 7.85. The third-order valence-electron chi connectivity index (χ3n) is 3.02. The monoisotopic (exact) mass is 276 g/mol. The Morgan fingerprint density at radius 3 is 2.63 bits per heavy atom. The van der Waals surface area contributed by atoms with Crippen LogP contribution < -0.4 is 9.54 Å². The van der Waals surface area contributed by atoms with Gasteiger partial charge in [-0.05, 0) is 37.6 Å². The van der Waals surface area contributed by atoms with E-state index >= 15 is 0 Å². The van der Waals surface area contributed by atoms with Crippen molar-refractivity contribution in [2.75, 3.05) is 7.11 Å². The van der Waals surface area contributed by atoms with E-state index in [0.717, 1.165) is 22.8 Å². The summed E-state index contributed by atoms with van der Waals surface area (Å²) < 4.78 is 7.45. The van der Waals surface area contributed by atoms with Gasteiger partial charge in [0.1, 0.15) is 5.75 Å². The lowest BCUT2D eigenvalue weighted by atomic mass is 10.3. The normalized spacial score (nSPS) is 11.8. The van der Waals surface area contributed by atoms with Crippen molar-refractivity contribution in [3.05, 3.63) is 40.1 Å². The lowest BCUT2D eigenvalue weighted by Crippen LogP contribution is -2.15. The molecule has 0 atom stereocenters. The molecule has 3 nitrogen and oxygen atoms in total. The summed E-state index contributed by atoms with van der Waals surface area (Å²) in [5.74, 6) is 0.861. The molecule has 1 aromatic carbocycles. The highest BCUT2D eigenvalue weighted by Gasteiger charge is 2.01. The van der Waals surface area contributed by atoms with Crippen molar-refractivity contribution < 1.29 is 4.74 Å². The minimum absolute atomic E-state index is 0.861. The van der Waals surface area contributed by atoms with Gasteiger partial charge in [0.15, 0.2) is 4.80 Å². The van der Waals surface area contributed by atoms with Gasteiger partial charge in [0.05, 0.1) is 12.8 Å². The molecule has 0 amide bonds. The van der Waals surface area contributed by atoms with Crippen LogP contribution in [-0.4, -0.2) is 11.7 Å². The number of nitrogens with zero attached hydrogens (tertiary/aromatic N) is 2. The molecule has 0 unspecified atom stereocenters. The van der Waals surface area contributed by atoms with Crippen molar-refractivity contribution in [2.24, 2.45) is 4.99 Å². The van der Waals surface area contributed by atoms with Crippen LogP contribution in [0, 0.1) is 6.92 Å². The maximum absolute atomic E-state index is 5.16. The largest absolute Gasteiger partial charge is 0.497 e. The fraction of sp³-hybridized carbons (Fsp3) is 0.400. The minimum atomic E-state index is 0.861. The lowest BCUT2D eigenvalue weighted by Gasteiger charge is -2.04. The van der Waals surface area contributed by atoms with E-state index in [9.17, 15) is 0 Å². The Kier molecular flexibility index (Phi) is 4.80. The molecule has 2 rings (SSSR count). The van der Waals surface area contributed by atoms with Gasteiger partial charge in [-0.25, -0.2) is 4.99 Å².